The normalized spacial score (nSPS) is 11.2. The van der Waals surface area contributed by atoms with E-state index in [0.717, 1.165) is 41.6 Å². The highest BCUT2D eigenvalue weighted by atomic mass is 35.5. The second-order valence-electron chi connectivity index (χ2n) is 4.26. The van der Waals surface area contributed by atoms with Crippen molar-refractivity contribution in [2.45, 2.75) is 31.7 Å². The first-order valence-corrected chi connectivity index (χ1v) is 7.21. The maximum atomic E-state index is 6.12. The Bertz CT molecular complexity index is 369. The minimum Gasteiger partial charge on any atom is -0.309 e. The molecule has 0 atom stereocenters. The van der Waals surface area contributed by atoms with Crippen molar-refractivity contribution in [1.29, 1.82) is 0 Å². The van der Waals surface area contributed by atoms with E-state index in [1.165, 1.54) is 0 Å². The molecule has 0 aliphatic heterocycles. The van der Waals surface area contributed by atoms with Crippen LogP contribution in [0.2, 0.25) is 5.15 Å². The van der Waals surface area contributed by atoms with Gasteiger partial charge in [-0.15, -0.1) is 11.8 Å². The average molecular weight is 274 g/mol. The van der Waals surface area contributed by atoms with E-state index in [4.69, 9.17) is 11.6 Å². The topological polar surface area (TPSA) is 29.0 Å². The van der Waals surface area contributed by atoms with Crippen molar-refractivity contribution in [2.75, 3.05) is 26.4 Å². The van der Waals surface area contributed by atoms with Crippen molar-refractivity contribution in [3.63, 3.8) is 0 Å². The fourth-order valence-corrected chi connectivity index (χ4v) is 2.69. The van der Waals surface area contributed by atoms with Gasteiger partial charge in [0.25, 0.3) is 0 Å². The van der Waals surface area contributed by atoms with Gasteiger partial charge in [-0.3, -0.25) is 0 Å². The first-order chi connectivity index (χ1) is 8.04. The molecule has 0 amide bonds. The SMILES string of the molecule is CCCc1nc(Cl)c(C)c(SCCN(C)C)n1. The molecule has 0 fully saturated rings. The lowest BCUT2D eigenvalue weighted by atomic mass is 10.3. The maximum absolute atomic E-state index is 6.12. The van der Waals surface area contributed by atoms with Crippen molar-refractivity contribution >= 4 is 23.4 Å². The summed E-state index contributed by atoms with van der Waals surface area (Å²) >= 11 is 7.87. The van der Waals surface area contributed by atoms with E-state index >= 15 is 0 Å². The minimum atomic E-state index is 0.593. The van der Waals surface area contributed by atoms with Crippen molar-refractivity contribution in [1.82, 2.24) is 14.9 Å². The van der Waals surface area contributed by atoms with Gasteiger partial charge in [-0.1, -0.05) is 18.5 Å². The number of hydrogen-bond acceptors (Lipinski definition) is 4. The molecule has 1 aromatic rings. The van der Waals surface area contributed by atoms with E-state index < -0.39 is 0 Å². The highest BCUT2D eigenvalue weighted by molar-refractivity contribution is 7.99. The lowest BCUT2D eigenvalue weighted by molar-refractivity contribution is 0.437. The van der Waals surface area contributed by atoms with Gasteiger partial charge in [0, 0.05) is 24.3 Å². The highest BCUT2D eigenvalue weighted by Gasteiger charge is 2.09. The lowest BCUT2D eigenvalue weighted by Crippen LogP contribution is -2.15. The second kappa shape index (κ2) is 7.19. The molecule has 0 bridgehead atoms. The summed E-state index contributed by atoms with van der Waals surface area (Å²) in [5.74, 6) is 1.88. The average Bonchev–Trinajstić information content (AvgIpc) is 2.24. The summed E-state index contributed by atoms with van der Waals surface area (Å²) < 4.78 is 0. The molecule has 3 nitrogen and oxygen atoms in total. The molecular weight excluding hydrogens is 254 g/mol. The van der Waals surface area contributed by atoms with E-state index in [-0.39, 0.29) is 0 Å². The van der Waals surface area contributed by atoms with Crippen LogP contribution in [0.3, 0.4) is 0 Å². The minimum absolute atomic E-state index is 0.593. The van der Waals surface area contributed by atoms with Crippen molar-refractivity contribution < 1.29 is 0 Å². The standard InChI is InChI=1S/C12H20ClN3S/c1-5-6-10-14-11(13)9(2)12(15-10)17-8-7-16(3)4/h5-8H2,1-4H3. The monoisotopic (exact) mass is 273 g/mol. The Morgan fingerprint density at radius 3 is 2.59 bits per heavy atom. The van der Waals surface area contributed by atoms with Crippen molar-refractivity contribution in [3.05, 3.63) is 16.5 Å². The molecule has 96 valence electrons. The van der Waals surface area contributed by atoms with Crippen LogP contribution in [0.5, 0.6) is 0 Å². The molecule has 5 heteroatoms. The fourth-order valence-electron chi connectivity index (χ4n) is 1.31. The van der Waals surface area contributed by atoms with Gasteiger partial charge in [0.15, 0.2) is 0 Å². The van der Waals surface area contributed by atoms with Crippen molar-refractivity contribution in [2.24, 2.45) is 0 Å². The molecule has 0 spiro atoms. The van der Waals surface area contributed by atoms with Gasteiger partial charge in [-0.2, -0.15) is 0 Å². The Morgan fingerprint density at radius 2 is 2.00 bits per heavy atom. The number of rotatable bonds is 6. The number of nitrogens with zero attached hydrogens (tertiary/aromatic N) is 3. The third-order valence-electron chi connectivity index (χ3n) is 2.34. The Labute approximate surface area is 113 Å². The van der Waals surface area contributed by atoms with Crippen LogP contribution in [0.1, 0.15) is 24.7 Å². The highest BCUT2D eigenvalue weighted by Crippen LogP contribution is 2.25. The number of aromatic nitrogens is 2. The van der Waals surface area contributed by atoms with Gasteiger partial charge < -0.3 is 4.90 Å². The Morgan fingerprint density at radius 1 is 1.29 bits per heavy atom. The predicted molar refractivity (Wildman–Crippen MR) is 75.1 cm³/mol. The molecule has 0 saturated carbocycles. The fraction of sp³-hybridized carbons (Fsp3) is 0.667. The van der Waals surface area contributed by atoms with E-state index in [1.54, 1.807) is 11.8 Å². The van der Waals surface area contributed by atoms with Crippen LogP contribution in [0, 0.1) is 6.92 Å². The Hall–Kier alpha value is -0.320. The van der Waals surface area contributed by atoms with Crippen LogP contribution in [-0.2, 0) is 6.42 Å². The van der Waals surface area contributed by atoms with Gasteiger partial charge in [0.05, 0.1) is 0 Å². The third-order valence-corrected chi connectivity index (χ3v) is 3.76. The molecule has 1 rings (SSSR count). The molecule has 0 N–H and O–H groups in total. The van der Waals surface area contributed by atoms with Crippen LogP contribution in [0.15, 0.2) is 5.03 Å². The molecule has 0 aliphatic carbocycles. The van der Waals surface area contributed by atoms with Crippen LogP contribution < -0.4 is 0 Å². The van der Waals surface area contributed by atoms with Gasteiger partial charge in [-0.05, 0) is 27.4 Å². The van der Waals surface area contributed by atoms with Crippen molar-refractivity contribution in [3.8, 4) is 0 Å². The van der Waals surface area contributed by atoms with Gasteiger partial charge in [-0.25, -0.2) is 9.97 Å². The predicted octanol–water partition coefficient (Wildman–Crippen LogP) is 3.04. The summed E-state index contributed by atoms with van der Waals surface area (Å²) in [6.45, 7) is 5.14. The lowest BCUT2D eigenvalue weighted by Gasteiger charge is -2.11. The summed E-state index contributed by atoms with van der Waals surface area (Å²) in [5.41, 5.74) is 0.996. The Balaban J connectivity index is 2.75. The van der Waals surface area contributed by atoms with E-state index in [0.29, 0.717) is 5.15 Å². The van der Waals surface area contributed by atoms with E-state index in [1.807, 2.05) is 6.92 Å². The first kappa shape index (κ1) is 14.7. The Kier molecular flexibility index (Phi) is 6.23. The van der Waals surface area contributed by atoms with Crippen LogP contribution >= 0.6 is 23.4 Å². The van der Waals surface area contributed by atoms with Crippen LogP contribution in [0.4, 0.5) is 0 Å². The number of halogens is 1. The smallest absolute Gasteiger partial charge is 0.136 e. The maximum Gasteiger partial charge on any atom is 0.136 e. The summed E-state index contributed by atoms with van der Waals surface area (Å²) in [6.07, 6.45) is 1.93. The number of thioether (sulfide) groups is 1. The quantitative estimate of drug-likeness (QED) is 0.588. The third kappa shape index (κ3) is 4.82. The summed E-state index contributed by atoms with van der Waals surface area (Å²) in [6, 6.07) is 0. The molecular formula is C12H20ClN3S. The largest absolute Gasteiger partial charge is 0.309 e. The zero-order valence-corrected chi connectivity index (χ0v) is 12.5. The zero-order valence-electron chi connectivity index (χ0n) is 11.0. The van der Waals surface area contributed by atoms with Gasteiger partial charge in [0.2, 0.25) is 0 Å². The number of aryl methyl sites for hydroxylation is 1. The molecule has 1 heterocycles. The summed E-state index contributed by atoms with van der Waals surface area (Å²) in [4.78, 5) is 11.0. The number of hydrogen-bond donors (Lipinski definition) is 0. The van der Waals surface area contributed by atoms with Gasteiger partial charge >= 0.3 is 0 Å². The molecule has 1 aromatic heterocycles. The van der Waals surface area contributed by atoms with Crippen LogP contribution in [0.25, 0.3) is 0 Å². The molecule has 0 radical (unpaired) electrons. The van der Waals surface area contributed by atoms with Gasteiger partial charge in [0.1, 0.15) is 16.0 Å². The zero-order chi connectivity index (χ0) is 12.8. The molecule has 0 aromatic carbocycles. The second-order valence-corrected chi connectivity index (χ2v) is 5.70. The summed E-state index contributed by atoms with van der Waals surface area (Å²) in [7, 11) is 4.14. The summed E-state index contributed by atoms with van der Waals surface area (Å²) in [5, 5.41) is 1.62. The van der Waals surface area contributed by atoms with Crippen LogP contribution in [-0.4, -0.2) is 41.3 Å². The molecule has 0 aliphatic rings. The van der Waals surface area contributed by atoms with E-state index in [2.05, 4.69) is 35.9 Å². The molecule has 17 heavy (non-hydrogen) atoms. The molecule has 0 saturated heterocycles. The van der Waals surface area contributed by atoms with E-state index in [9.17, 15) is 0 Å². The molecule has 0 unspecified atom stereocenters. The first-order valence-electron chi connectivity index (χ1n) is 5.85.